The quantitative estimate of drug-likeness (QED) is 0.899. The lowest BCUT2D eigenvalue weighted by Crippen LogP contribution is -2.35. The first kappa shape index (κ1) is 16.5. The number of nitrogens with one attached hydrogen (secondary N) is 1. The van der Waals surface area contributed by atoms with Gasteiger partial charge in [0.05, 0.1) is 0 Å². The van der Waals surface area contributed by atoms with E-state index in [-0.39, 0.29) is 0 Å². The van der Waals surface area contributed by atoms with E-state index in [1.54, 1.807) is 0 Å². The number of unbranched alkanes of at least 4 members (excludes halogenated alkanes) is 1. The van der Waals surface area contributed by atoms with E-state index in [4.69, 9.17) is 0 Å². The van der Waals surface area contributed by atoms with Crippen LogP contribution in [0.15, 0.2) is 18.2 Å². The number of benzene rings is 1. The third kappa shape index (κ3) is 4.14. The summed E-state index contributed by atoms with van der Waals surface area (Å²) in [5.41, 5.74) is 4.01. The number of nitrogens with zero attached hydrogens (tertiary/aromatic N) is 1. The number of carbonyl (C=O) groups is 1. The minimum absolute atomic E-state index is 0.305. The van der Waals surface area contributed by atoms with Gasteiger partial charge >= 0.3 is 0 Å². The lowest BCUT2D eigenvalue weighted by molar-refractivity contribution is -0.118. The zero-order chi connectivity index (χ0) is 16.1. The number of hydrogen-bond acceptors (Lipinski definition) is 2. The van der Waals surface area contributed by atoms with Crippen LogP contribution in [0.1, 0.15) is 56.6 Å². The molecule has 1 aromatic rings. The second kappa shape index (κ2) is 7.96. The third-order valence-electron chi connectivity index (χ3n) is 5.29. The first-order chi connectivity index (χ1) is 11.3. The van der Waals surface area contributed by atoms with Crippen molar-refractivity contribution in [3.63, 3.8) is 0 Å². The van der Waals surface area contributed by atoms with Crippen LogP contribution in [0.25, 0.3) is 0 Å². The van der Waals surface area contributed by atoms with Gasteiger partial charge in [-0.3, -0.25) is 4.79 Å². The van der Waals surface area contributed by atoms with Crippen molar-refractivity contribution in [1.82, 2.24) is 5.32 Å². The van der Waals surface area contributed by atoms with Crippen LogP contribution in [0.5, 0.6) is 0 Å². The van der Waals surface area contributed by atoms with Crippen molar-refractivity contribution in [3.8, 4) is 0 Å². The summed E-state index contributed by atoms with van der Waals surface area (Å²) < 4.78 is 0. The zero-order valence-corrected chi connectivity index (χ0v) is 14.4. The number of rotatable bonds is 5. The van der Waals surface area contributed by atoms with Crippen LogP contribution < -0.4 is 10.2 Å². The van der Waals surface area contributed by atoms with Gasteiger partial charge in [-0.2, -0.15) is 0 Å². The van der Waals surface area contributed by atoms with Crippen LogP contribution in [0.3, 0.4) is 0 Å². The average molecular weight is 314 g/mol. The van der Waals surface area contributed by atoms with Crippen LogP contribution >= 0.6 is 0 Å². The standard InChI is InChI=1S/C20H30N2O/c1-2-3-6-20(23)22-13-4-5-18-15-17(7-8-19(18)22)14-16-9-11-21-12-10-16/h7-8,15-16,21H,2-6,9-14H2,1H3. The number of anilines is 1. The van der Waals surface area contributed by atoms with Gasteiger partial charge in [0.15, 0.2) is 0 Å². The van der Waals surface area contributed by atoms with Crippen molar-refractivity contribution >= 4 is 11.6 Å². The highest BCUT2D eigenvalue weighted by molar-refractivity contribution is 5.94. The molecule has 2 heterocycles. The Balaban J connectivity index is 1.70. The molecule has 0 saturated carbocycles. The van der Waals surface area contributed by atoms with Crippen LogP contribution in [0.2, 0.25) is 0 Å². The number of carbonyl (C=O) groups excluding carboxylic acids is 1. The first-order valence-corrected chi connectivity index (χ1v) is 9.41. The highest BCUT2D eigenvalue weighted by atomic mass is 16.2. The Labute approximate surface area is 140 Å². The lowest BCUT2D eigenvalue weighted by Gasteiger charge is -2.30. The summed E-state index contributed by atoms with van der Waals surface area (Å²) in [6, 6.07) is 6.83. The van der Waals surface area contributed by atoms with Gasteiger partial charge in [0, 0.05) is 18.7 Å². The summed E-state index contributed by atoms with van der Waals surface area (Å²) in [4.78, 5) is 14.5. The summed E-state index contributed by atoms with van der Waals surface area (Å²) in [5, 5.41) is 3.44. The molecular formula is C20H30N2O. The maximum Gasteiger partial charge on any atom is 0.226 e. The van der Waals surface area contributed by atoms with Crippen LogP contribution in [0, 0.1) is 5.92 Å². The highest BCUT2D eigenvalue weighted by Crippen LogP contribution is 2.30. The highest BCUT2D eigenvalue weighted by Gasteiger charge is 2.22. The van der Waals surface area contributed by atoms with Crippen molar-refractivity contribution in [2.45, 2.75) is 58.3 Å². The molecule has 1 amide bonds. The van der Waals surface area contributed by atoms with Crippen molar-refractivity contribution < 1.29 is 4.79 Å². The van der Waals surface area contributed by atoms with Gasteiger partial charge in [-0.25, -0.2) is 0 Å². The second-order valence-electron chi connectivity index (χ2n) is 7.11. The van der Waals surface area contributed by atoms with Gasteiger partial charge in [-0.05, 0) is 74.7 Å². The van der Waals surface area contributed by atoms with E-state index in [0.29, 0.717) is 12.3 Å². The fraction of sp³-hybridized carbons (Fsp3) is 0.650. The molecule has 126 valence electrons. The monoisotopic (exact) mass is 314 g/mol. The van der Waals surface area contributed by atoms with Gasteiger partial charge in [0.25, 0.3) is 0 Å². The van der Waals surface area contributed by atoms with Crippen molar-refractivity contribution in [3.05, 3.63) is 29.3 Å². The fourth-order valence-electron chi connectivity index (χ4n) is 3.92. The van der Waals surface area contributed by atoms with Gasteiger partial charge in [-0.1, -0.05) is 25.5 Å². The van der Waals surface area contributed by atoms with Gasteiger partial charge < -0.3 is 10.2 Å². The summed E-state index contributed by atoms with van der Waals surface area (Å²) >= 11 is 0. The minimum atomic E-state index is 0.305. The molecule has 1 aromatic carbocycles. The van der Waals surface area contributed by atoms with Crippen molar-refractivity contribution in [1.29, 1.82) is 0 Å². The molecule has 2 aliphatic heterocycles. The van der Waals surface area contributed by atoms with Crippen molar-refractivity contribution in [2.75, 3.05) is 24.5 Å². The number of aryl methyl sites for hydroxylation is 1. The Morgan fingerprint density at radius 3 is 2.91 bits per heavy atom. The molecule has 3 rings (SSSR count). The minimum Gasteiger partial charge on any atom is -0.317 e. The molecule has 2 aliphatic rings. The number of hydrogen-bond donors (Lipinski definition) is 1. The Morgan fingerprint density at radius 2 is 2.13 bits per heavy atom. The molecule has 23 heavy (non-hydrogen) atoms. The molecule has 0 aliphatic carbocycles. The Kier molecular flexibility index (Phi) is 5.71. The van der Waals surface area contributed by atoms with E-state index in [0.717, 1.165) is 51.2 Å². The van der Waals surface area contributed by atoms with Gasteiger partial charge in [0.1, 0.15) is 0 Å². The van der Waals surface area contributed by atoms with E-state index in [1.165, 1.54) is 36.1 Å². The summed E-state index contributed by atoms with van der Waals surface area (Å²) in [6.07, 6.45) is 8.76. The van der Waals surface area contributed by atoms with Gasteiger partial charge in [0.2, 0.25) is 5.91 Å². The number of fused-ring (bicyclic) bond motifs is 1. The van der Waals surface area contributed by atoms with E-state index >= 15 is 0 Å². The maximum absolute atomic E-state index is 12.4. The van der Waals surface area contributed by atoms with Crippen LogP contribution in [-0.2, 0) is 17.6 Å². The summed E-state index contributed by atoms with van der Waals surface area (Å²) in [5.74, 6) is 1.12. The van der Waals surface area contributed by atoms with Crippen LogP contribution in [-0.4, -0.2) is 25.5 Å². The van der Waals surface area contributed by atoms with Crippen molar-refractivity contribution in [2.24, 2.45) is 5.92 Å². The fourth-order valence-corrected chi connectivity index (χ4v) is 3.92. The number of amides is 1. The largest absolute Gasteiger partial charge is 0.317 e. The summed E-state index contributed by atoms with van der Waals surface area (Å²) in [6.45, 7) is 5.36. The maximum atomic E-state index is 12.4. The normalized spacial score (nSPS) is 18.7. The molecule has 0 unspecified atom stereocenters. The molecule has 3 nitrogen and oxygen atoms in total. The van der Waals surface area contributed by atoms with E-state index < -0.39 is 0 Å². The molecule has 1 saturated heterocycles. The molecular weight excluding hydrogens is 284 g/mol. The third-order valence-corrected chi connectivity index (χ3v) is 5.29. The van der Waals surface area contributed by atoms with E-state index in [2.05, 4.69) is 30.4 Å². The van der Waals surface area contributed by atoms with Gasteiger partial charge in [-0.15, -0.1) is 0 Å². The molecule has 1 fully saturated rings. The first-order valence-electron chi connectivity index (χ1n) is 9.41. The average Bonchev–Trinajstić information content (AvgIpc) is 2.60. The lowest BCUT2D eigenvalue weighted by atomic mass is 9.89. The topological polar surface area (TPSA) is 32.3 Å². The molecule has 0 aromatic heterocycles. The van der Waals surface area contributed by atoms with Crippen LogP contribution in [0.4, 0.5) is 5.69 Å². The molecule has 0 atom stereocenters. The Hall–Kier alpha value is -1.35. The molecule has 0 radical (unpaired) electrons. The molecule has 3 heteroatoms. The molecule has 1 N–H and O–H groups in total. The van der Waals surface area contributed by atoms with E-state index in [1.807, 2.05) is 4.90 Å². The Morgan fingerprint density at radius 1 is 1.30 bits per heavy atom. The predicted molar refractivity (Wildman–Crippen MR) is 95.9 cm³/mol. The predicted octanol–water partition coefficient (Wildman–Crippen LogP) is 3.70. The Bertz CT molecular complexity index is 534. The number of piperidine rings is 1. The summed E-state index contributed by atoms with van der Waals surface area (Å²) in [7, 11) is 0. The van der Waals surface area contributed by atoms with E-state index in [9.17, 15) is 4.79 Å². The SMILES string of the molecule is CCCCC(=O)N1CCCc2cc(CC3CCNCC3)ccc21. The molecule has 0 spiro atoms. The molecule has 0 bridgehead atoms. The smallest absolute Gasteiger partial charge is 0.226 e. The second-order valence-corrected chi connectivity index (χ2v) is 7.11. The zero-order valence-electron chi connectivity index (χ0n) is 14.4.